The van der Waals surface area contributed by atoms with Gasteiger partial charge in [-0.05, 0) is 24.4 Å². The molecule has 4 nitrogen and oxygen atoms in total. The summed E-state index contributed by atoms with van der Waals surface area (Å²) in [7, 11) is 0. The van der Waals surface area contributed by atoms with Crippen molar-refractivity contribution in [2.24, 2.45) is 0 Å². The molecule has 0 spiro atoms. The van der Waals surface area contributed by atoms with E-state index < -0.39 is 0 Å². The van der Waals surface area contributed by atoms with Crippen molar-refractivity contribution in [2.75, 3.05) is 19.6 Å². The molecule has 0 saturated heterocycles. The van der Waals surface area contributed by atoms with E-state index in [2.05, 4.69) is 23.2 Å². The van der Waals surface area contributed by atoms with E-state index in [9.17, 15) is 4.79 Å². The number of carbonyl (C=O) groups excluding carboxylic acids is 1. The lowest BCUT2D eigenvalue weighted by atomic mass is 10.2. The van der Waals surface area contributed by atoms with Crippen molar-refractivity contribution >= 4 is 17.2 Å². The molecule has 2 aromatic rings. The van der Waals surface area contributed by atoms with E-state index in [4.69, 9.17) is 4.74 Å². The van der Waals surface area contributed by atoms with E-state index in [-0.39, 0.29) is 12.0 Å². The molecule has 0 fully saturated rings. The van der Waals surface area contributed by atoms with Gasteiger partial charge in [0, 0.05) is 31.7 Å². The molecule has 1 amide bonds. The summed E-state index contributed by atoms with van der Waals surface area (Å²) in [6.07, 6.45) is 0.150. The first kappa shape index (κ1) is 15.1. The standard InChI is InChI=1S/C17H20N2O2S/c1-13-11-19(12-14-5-2-3-6-15(14)21-13)9-8-18-17(20)16-7-4-10-22-16/h2-7,10,13H,8-9,11-12H2,1H3,(H,18,20). The van der Waals surface area contributed by atoms with E-state index >= 15 is 0 Å². The lowest BCUT2D eigenvalue weighted by Crippen LogP contribution is -2.37. The molecule has 1 atom stereocenters. The third kappa shape index (κ3) is 3.67. The van der Waals surface area contributed by atoms with Crippen LogP contribution in [0.4, 0.5) is 0 Å². The smallest absolute Gasteiger partial charge is 0.261 e. The Morgan fingerprint density at radius 1 is 1.36 bits per heavy atom. The van der Waals surface area contributed by atoms with Gasteiger partial charge in [0.05, 0.1) is 4.88 Å². The zero-order valence-electron chi connectivity index (χ0n) is 12.6. The summed E-state index contributed by atoms with van der Waals surface area (Å²) < 4.78 is 5.95. The van der Waals surface area contributed by atoms with Crippen LogP contribution in [0.5, 0.6) is 5.75 Å². The maximum atomic E-state index is 11.9. The summed E-state index contributed by atoms with van der Waals surface area (Å²) in [5.41, 5.74) is 1.21. The monoisotopic (exact) mass is 316 g/mol. The summed E-state index contributed by atoms with van der Waals surface area (Å²) in [5, 5.41) is 4.90. The van der Waals surface area contributed by atoms with Crippen LogP contribution in [0.2, 0.25) is 0 Å². The average Bonchev–Trinajstić information content (AvgIpc) is 2.98. The van der Waals surface area contributed by atoms with Gasteiger partial charge >= 0.3 is 0 Å². The second-order valence-electron chi connectivity index (χ2n) is 5.50. The number of fused-ring (bicyclic) bond motifs is 1. The lowest BCUT2D eigenvalue weighted by molar-refractivity contribution is 0.0948. The zero-order chi connectivity index (χ0) is 15.4. The number of nitrogens with one attached hydrogen (secondary N) is 1. The summed E-state index contributed by atoms with van der Waals surface area (Å²) in [4.78, 5) is 15.0. The van der Waals surface area contributed by atoms with Crippen LogP contribution in [-0.2, 0) is 6.54 Å². The van der Waals surface area contributed by atoms with E-state index in [0.29, 0.717) is 6.54 Å². The predicted octanol–water partition coefficient (Wildman–Crippen LogP) is 2.76. The van der Waals surface area contributed by atoms with Gasteiger partial charge in [0.2, 0.25) is 0 Å². The molecule has 116 valence electrons. The Hall–Kier alpha value is -1.85. The van der Waals surface area contributed by atoms with E-state index in [1.165, 1.54) is 16.9 Å². The van der Waals surface area contributed by atoms with E-state index in [1.54, 1.807) is 0 Å². The second kappa shape index (κ2) is 6.94. The highest BCUT2D eigenvalue weighted by Crippen LogP contribution is 2.24. The zero-order valence-corrected chi connectivity index (χ0v) is 13.4. The Kier molecular flexibility index (Phi) is 4.75. The van der Waals surface area contributed by atoms with Gasteiger partial charge in [-0.15, -0.1) is 11.3 Å². The van der Waals surface area contributed by atoms with Crippen molar-refractivity contribution in [1.82, 2.24) is 10.2 Å². The molecule has 5 heteroatoms. The third-order valence-corrected chi connectivity index (χ3v) is 4.54. The number of hydrogen-bond acceptors (Lipinski definition) is 4. The van der Waals surface area contributed by atoms with Crippen molar-refractivity contribution in [3.63, 3.8) is 0 Å². The number of carbonyl (C=O) groups is 1. The molecule has 0 radical (unpaired) electrons. The molecular weight excluding hydrogens is 296 g/mol. The minimum Gasteiger partial charge on any atom is -0.489 e. The van der Waals surface area contributed by atoms with Gasteiger partial charge in [0.1, 0.15) is 11.9 Å². The fourth-order valence-electron chi connectivity index (χ4n) is 2.67. The van der Waals surface area contributed by atoms with Crippen molar-refractivity contribution in [3.8, 4) is 5.75 Å². The third-order valence-electron chi connectivity index (χ3n) is 3.67. The van der Waals surface area contributed by atoms with Crippen LogP contribution in [0, 0.1) is 0 Å². The normalized spacial score (nSPS) is 18.1. The fraction of sp³-hybridized carbons (Fsp3) is 0.353. The van der Waals surface area contributed by atoms with Gasteiger partial charge in [-0.2, -0.15) is 0 Å². The van der Waals surface area contributed by atoms with Crippen LogP contribution >= 0.6 is 11.3 Å². The Morgan fingerprint density at radius 2 is 2.23 bits per heavy atom. The number of thiophene rings is 1. The minimum absolute atomic E-state index is 0.00882. The molecule has 1 aliphatic rings. The molecule has 1 aromatic heterocycles. The molecule has 1 N–H and O–H groups in total. The van der Waals surface area contributed by atoms with Crippen molar-refractivity contribution in [3.05, 3.63) is 52.2 Å². The maximum Gasteiger partial charge on any atom is 0.261 e. The molecule has 1 unspecified atom stereocenters. The number of para-hydroxylation sites is 1. The number of nitrogens with zero attached hydrogens (tertiary/aromatic N) is 1. The van der Waals surface area contributed by atoms with Gasteiger partial charge in [0.25, 0.3) is 5.91 Å². The number of hydrogen-bond donors (Lipinski definition) is 1. The Labute approximate surface area is 134 Å². The van der Waals surface area contributed by atoms with Crippen molar-refractivity contribution < 1.29 is 9.53 Å². The van der Waals surface area contributed by atoms with E-state index in [0.717, 1.165) is 30.3 Å². The summed E-state index contributed by atoms with van der Waals surface area (Å²) >= 11 is 1.47. The van der Waals surface area contributed by atoms with Gasteiger partial charge in [-0.25, -0.2) is 0 Å². The first-order chi connectivity index (χ1) is 10.7. The van der Waals surface area contributed by atoms with Crippen LogP contribution in [0.15, 0.2) is 41.8 Å². The highest BCUT2D eigenvalue weighted by molar-refractivity contribution is 7.12. The summed E-state index contributed by atoms with van der Waals surface area (Å²) in [5.74, 6) is 0.981. The minimum atomic E-state index is 0.00882. The molecule has 1 aromatic carbocycles. The van der Waals surface area contributed by atoms with Crippen LogP contribution < -0.4 is 10.1 Å². The maximum absolute atomic E-state index is 11.9. The molecule has 1 aliphatic heterocycles. The first-order valence-electron chi connectivity index (χ1n) is 7.51. The van der Waals surface area contributed by atoms with Crippen LogP contribution in [0.1, 0.15) is 22.2 Å². The number of rotatable bonds is 4. The highest BCUT2D eigenvalue weighted by Gasteiger charge is 2.19. The van der Waals surface area contributed by atoms with E-state index in [1.807, 2.05) is 35.7 Å². The SMILES string of the molecule is CC1CN(CCNC(=O)c2cccs2)Cc2ccccc2O1. The fourth-order valence-corrected chi connectivity index (χ4v) is 3.31. The van der Waals surface area contributed by atoms with Crippen molar-refractivity contribution in [2.45, 2.75) is 19.6 Å². The Bertz CT molecular complexity index is 627. The van der Waals surface area contributed by atoms with Gasteiger partial charge in [-0.1, -0.05) is 24.3 Å². The second-order valence-corrected chi connectivity index (χ2v) is 6.45. The highest BCUT2D eigenvalue weighted by atomic mass is 32.1. The van der Waals surface area contributed by atoms with Crippen LogP contribution in [-0.4, -0.2) is 36.5 Å². The van der Waals surface area contributed by atoms with Crippen molar-refractivity contribution in [1.29, 1.82) is 0 Å². The van der Waals surface area contributed by atoms with Crippen LogP contribution in [0.3, 0.4) is 0 Å². The summed E-state index contributed by atoms with van der Waals surface area (Å²) in [6, 6.07) is 11.9. The molecule has 3 rings (SSSR count). The van der Waals surface area contributed by atoms with Gasteiger partial charge < -0.3 is 10.1 Å². The number of benzene rings is 1. The first-order valence-corrected chi connectivity index (χ1v) is 8.39. The molecule has 0 bridgehead atoms. The van der Waals surface area contributed by atoms with Gasteiger partial charge in [-0.3, -0.25) is 9.69 Å². The Balaban J connectivity index is 1.55. The topological polar surface area (TPSA) is 41.6 Å². The molecule has 0 saturated carbocycles. The number of amides is 1. The quantitative estimate of drug-likeness (QED) is 0.943. The Morgan fingerprint density at radius 3 is 3.05 bits per heavy atom. The molecule has 0 aliphatic carbocycles. The summed E-state index contributed by atoms with van der Waals surface area (Å²) in [6.45, 7) is 5.27. The molecule has 2 heterocycles. The lowest BCUT2D eigenvalue weighted by Gasteiger charge is -2.21. The van der Waals surface area contributed by atoms with Crippen LogP contribution in [0.25, 0.3) is 0 Å². The average molecular weight is 316 g/mol. The molecule has 22 heavy (non-hydrogen) atoms. The predicted molar refractivity (Wildman–Crippen MR) is 88.5 cm³/mol. The van der Waals surface area contributed by atoms with Gasteiger partial charge in [0.15, 0.2) is 0 Å². The molecular formula is C17H20N2O2S. The number of ether oxygens (including phenoxy) is 1. The largest absolute Gasteiger partial charge is 0.489 e.